The molecule has 0 aliphatic carbocycles. The molecule has 0 saturated heterocycles. The van der Waals surface area contributed by atoms with Crippen LogP contribution in [0, 0.1) is 0 Å². The average molecular weight is 430 g/mol. The van der Waals surface area contributed by atoms with Gasteiger partial charge >= 0.3 is 0 Å². The van der Waals surface area contributed by atoms with E-state index in [-0.39, 0.29) is 47.0 Å². The largest absolute Gasteiger partial charge is 0.268 e. The number of fused-ring (bicyclic) bond motifs is 1. The van der Waals surface area contributed by atoms with Crippen molar-refractivity contribution in [3.05, 3.63) is 59.5 Å². The van der Waals surface area contributed by atoms with Gasteiger partial charge in [-0.25, -0.2) is 4.90 Å². The van der Waals surface area contributed by atoms with Crippen LogP contribution >= 0.6 is 69.6 Å². The predicted octanol–water partition coefficient (Wildman–Crippen LogP) is 6.41. The van der Waals surface area contributed by atoms with Crippen molar-refractivity contribution in [3.63, 3.8) is 0 Å². The second-order valence-corrected chi connectivity index (χ2v) is 6.88. The van der Waals surface area contributed by atoms with Crippen LogP contribution in [0.25, 0.3) is 0 Å². The maximum atomic E-state index is 12.6. The summed E-state index contributed by atoms with van der Waals surface area (Å²) >= 11 is 35.8. The van der Waals surface area contributed by atoms with Crippen LogP contribution in [0.5, 0.6) is 0 Å². The monoisotopic (exact) mass is 427 g/mol. The molecule has 0 aromatic heterocycles. The van der Waals surface area contributed by atoms with Crippen molar-refractivity contribution in [3.8, 4) is 0 Å². The minimum absolute atomic E-state index is 0.0887. The summed E-state index contributed by atoms with van der Waals surface area (Å²) in [5.41, 5.74) is 0.0363. The number of carbonyl (C=O) groups is 2. The topological polar surface area (TPSA) is 37.4 Å². The summed E-state index contributed by atoms with van der Waals surface area (Å²) in [6, 6.07) is 4.32. The second kappa shape index (κ2) is 5.99. The normalized spacial score (nSPS) is 13.7. The Kier molecular flexibility index (Phi) is 4.47. The van der Waals surface area contributed by atoms with E-state index in [1.54, 1.807) is 0 Å². The van der Waals surface area contributed by atoms with E-state index in [2.05, 4.69) is 0 Å². The summed E-state index contributed by atoms with van der Waals surface area (Å²) in [5.74, 6) is -1.34. The number of rotatable bonds is 1. The molecule has 0 saturated carbocycles. The van der Waals surface area contributed by atoms with Gasteiger partial charge in [-0.05, 0) is 18.2 Å². The Morgan fingerprint density at radius 1 is 0.652 bits per heavy atom. The van der Waals surface area contributed by atoms with Gasteiger partial charge in [0.15, 0.2) is 0 Å². The number of amides is 2. The van der Waals surface area contributed by atoms with Gasteiger partial charge in [-0.15, -0.1) is 0 Å². The van der Waals surface area contributed by atoms with Crippen LogP contribution in [0.4, 0.5) is 5.69 Å². The highest BCUT2D eigenvalue weighted by atomic mass is 35.5. The number of anilines is 1. The van der Waals surface area contributed by atoms with Gasteiger partial charge in [0.1, 0.15) is 0 Å². The predicted molar refractivity (Wildman–Crippen MR) is 94.1 cm³/mol. The summed E-state index contributed by atoms with van der Waals surface area (Å²) in [6.07, 6.45) is 0. The Hall–Kier alpha value is -0.680. The second-order valence-electron chi connectivity index (χ2n) is 4.55. The lowest BCUT2D eigenvalue weighted by Crippen LogP contribution is -2.29. The van der Waals surface area contributed by atoms with Crippen molar-refractivity contribution in [2.45, 2.75) is 0 Å². The highest BCUT2D eigenvalue weighted by Crippen LogP contribution is 2.46. The van der Waals surface area contributed by atoms with Crippen molar-refractivity contribution in [2.24, 2.45) is 0 Å². The van der Waals surface area contributed by atoms with Crippen LogP contribution in [0.2, 0.25) is 30.1 Å². The Morgan fingerprint density at radius 3 is 1.57 bits per heavy atom. The van der Waals surface area contributed by atoms with E-state index >= 15 is 0 Å². The van der Waals surface area contributed by atoms with Crippen molar-refractivity contribution in [1.29, 1.82) is 0 Å². The smallest absolute Gasteiger partial charge is 0.267 e. The fourth-order valence-corrected chi connectivity index (χ4v) is 3.51. The molecule has 2 aromatic carbocycles. The molecule has 2 amide bonds. The maximum absolute atomic E-state index is 12.6. The van der Waals surface area contributed by atoms with Crippen LogP contribution in [0.3, 0.4) is 0 Å². The number of carbonyl (C=O) groups excluding carboxylic acids is 2. The summed E-state index contributed by atoms with van der Waals surface area (Å²) < 4.78 is 0. The molecule has 0 spiro atoms. The highest BCUT2D eigenvalue weighted by Gasteiger charge is 2.42. The number of hydrogen-bond acceptors (Lipinski definition) is 2. The van der Waals surface area contributed by atoms with Crippen molar-refractivity contribution < 1.29 is 9.59 Å². The van der Waals surface area contributed by atoms with Gasteiger partial charge in [-0.2, -0.15) is 0 Å². The molecule has 0 unspecified atom stereocenters. The Labute approximate surface area is 160 Å². The molecular weight excluding hydrogens is 427 g/mol. The quantitative estimate of drug-likeness (QED) is 0.298. The van der Waals surface area contributed by atoms with Crippen LogP contribution in [-0.2, 0) is 0 Å². The molecule has 23 heavy (non-hydrogen) atoms. The average Bonchev–Trinajstić information content (AvgIpc) is 2.77. The lowest BCUT2D eigenvalue weighted by Gasteiger charge is -2.14. The number of hydrogen-bond donors (Lipinski definition) is 0. The lowest BCUT2D eigenvalue weighted by molar-refractivity contribution is 0.0926. The first-order valence-electron chi connectivity index (χ1n) is 5.95. The van der Waals surface area contributed by atoms with Crippen LogP contribution in [-0.4, -0.2) is 11.8 Å². The summed E-state index contributed by atoms with van der Waals surface area (Å²) in [7, 11) is 0. The zero-order valence-electron chi connectivity index (χ0n) is 10.8. The van der Waals surface area contributed by atoms with E-state index in [0.29, 0.717) is 0 Å². The first-order valence-corrected chi connectivity index (χ1v) is 8.22. The highest BCUT2D eigenvalue weighted by molar-refractivity contribution is 6.56. The zero-order chi connectivity index (χ0) is 17.0. The van der Waals surface area contributed by atoms with E-state index in [9.17, 15) is 9.59 Å². The SMILES string of the molecule is O=C1c2c(Cl)c(Cl)c(Cl)c(Cl)c2C(=O)N1c1ccc(Cl)c(Cl)c1. The standard InChI is InChI=1S/C14H3Cl6NO2/c15-5-2-1-4(3-6(5)16)21-13(22)7-8(14(21)23)10(18)12(20)11(19)9(7)17/h1-3H. The maximum Gasteiger partial charge on any atom is 0.267 e. The lowest BCUT2D eigenvalue weighted by atomic mass is 10.1. The van der Waals surface area contributed by atoms with Gasteiger partial charge in [0.05, 0.1) is 47.0 Å². The summed E-state index contributed by atoms with van der Waals surface area (Å²) in [5, 5.41) is 0.0422. The van der Waals surface area contributed by atoms with E-state index < -0.39 is 11.8 Å². The molecule has 1 aliphatic heterocycles. The first-order chi connectivity index (χ1) is 10.8. The van der Waals surface area contributed by atoms with Crippen molar-refractivity contribution in [1.82, 2.24) is 0 Å². The third-order valence-corrected chi connectivity index (χ3v) is 5.80. The van der Waals surface area contributed by atoms with Gasteiger partial charge in [-0.3, -0.25) is 9.59 Å². The molecule has 2 aromatic rings. The van der Waals surface area contributed by atoms with Gasteiger partial charge in [-0.1, -0.05) is 69.6 Å². The number of imide groups is 1. The number of halogens is 6. The van der Waals surface area contributed by atoms with Crippen molar-refractivity contribution >= 4 is 87.1 Å². The molecule has 0 fully saturated rings. The molecule has 3 rings (SSSR count). The molecule has 0 atom stereocenters. The van der Waals surface area contributed by atoms with E-state index in [1.165, 1.54) is 18.2 Å². The third-order valence-electron chi connectivity index (χ3n) is 3.26. The molecule has 0 radical (unpaired) electrons. The third kappa shape index (κ3) is 2.51. The fourth-order valence-electron chi connectivity index (χ4n) is 2.21. The van der Waals surface area contributed by atoms with Crippen LogP contribution in [0.15, 0.2) is 18.2 Å². The van der Waals surface area contributed by atoms with Gasteiger partial charge in [0, 0.05) is 0 Å². The Bertz CT molecular complexity index is 849. The van der Waals surface area contributed by atoms with E-state index in [0.717, 1.165) is 4.90 Å². The molecule has 1 aliphatic rings. The number of benzene rings is 2. The fraction of sp³-hybridized carbons (Fsp3) is 0. The van der Waals surface area contributed by atoms with E-state index in [4.69, 9.17) is 69.6 Å². The first kappa shape index (κ1) is 17.2. The van der Waals surface area contributed by atoms with Gasteiger partial charge in [0.25, 0.3) is 11.8 Å². The molecular formula is C14H3Cl6NO2. The molecule has 118 valence electrons. The summed E-state index contributed by atoms with van der Waals surface area (Å²) in [4.78, 5) is 26.1. The van der Waals surface area contributed by atoms with Gasteiger partial charge in [0.2, 0.25) is 0 Å². The van der Waals surface area contributed by atoms with Gasteiger partial charge < -0.3 is 0 Å². The van der Waals surface area contributed by atoms with Crippen LogP contribution < -0.4 is 4.90 Å². The molecule has 9 heteroatoms. The summed E-state index contributed by atoms with van der Waals surface area (Å²) in [6.45, 7) is 0. The molecule has 1 heterocycles. The van der Waals surface area contributed by atoms with Crippen LogP contribution in [0.1, 0.15) is 20.7 Å². The molecule has 0 N–H and O–H groups in total. The zero-order valence-corrected chi connectivity index (χ0v) is 15.3. The Morgan fingerprint density at radius 2 is 1.13 bits per heavy atom. The molecule has 0 bridgehead atoms. The van der Waals surface area contributed by atoms with Crippen molar-refractivity contribution in [2.75, 3.05) is 4.90 Å². The molecule has 3 nitrogen and oxygen atoms in total. The minimum atomic E-state index is -0.672. The Balaban J connectivity index is 2.24. The number of nitrogens with zero attached hydrogens (tertiary/aromatic N) is 1. The minimum Gasteiger partial charge on any atom is -0.268 e. The van der Waals surface area contributed by atoms with E-state index in [1.807, 2.05) is 0 Å².